The van der Waals surface area contributed by atoms with Crippen LogP contribution in [0, 0.1) is 0 Å². The zero-order chi connectivity index (χ0) is 23.6. The second-order valence-corrected chi connectivity index (χ2v) is 10.3. The number of hydrogen-bond donors (Lipinski definition) is 0. The fraction of sp³-hybridized carbons (Fsp3) is 0.190. The lowest BCUT2D eigenvalue weighted by molar-refractivity contribution is -0.143. The van der Waals surface area contributed by atoms with Crippen molar-refractivity contribution in [2.75, 3.05) is 0 Å². The SMILES string of the molecule is FC(F)(F)c1cc(-c2csc(Sc3nnc(CCc4ccccc4)s3)n2)cc(C(F)(F)F)c1. The van der Waals surface area contributed by atoms with Gasteiger partial charge in [-0.05, 0) is 41.9 Å². The predicted molar refractivity (Wildman–Crippen MR) is 115 cm³/mol. The van der Waals surface area contributed by atoms with Gasteiger partial charge in [0.2, 0.25) is 0 Å². The smallest absolute Gasteiger partial charge is 0.229 e. The van der Waals surface area contributed by atoms with Gasteiger partial charge in [0.05, 0.1) is 16.8 Å². The van der Waals surface area contributed by atoms with Crippen LogP contribution in [-0.4, -0.2) is 15.2 Å². The van der Waals surface area contributed by atoms with Crippen molar-refractivity contribution in [2.45, 2.75) is 33.9 Å². The van der Waals surface area contributed by atoms with Crippen LogP contribution < -0.4 is 0 Å². The Labute approximate surface area is 196 Å². The third-order valence-electron chi connectivity index (χ3n) is 4.46. The molecule has 0 radical (unpaired) electrons. The highest BCUT2D eigenvalue weighted by atomic mass is 32.2. The van der Waals surface area contributed by atoms with Crippen molar-refractivity contribution in [1.82, 2.24) is 15.2 Å². The van der Waals surface area contributed by atoms with Gasteiger partial charge in [-0.3, -0.25) is 0 Å². The average Bonchev–Trinajstić information content (AvgIpc) is 3.41. The van der Waals surface area contributed by atoms with E-state index in [1.165, 1.54) is 34.0 Å². The third-order valence-corrected chi connectivity index (χ3v) is 7.43. The van der Waals surface area contributed by atoms with Crippen molar-refractivity contribution in [3.63, 3.8) is 0 Å². The van der Waals surface area contributed by atoms with Crippen molar-refractivity contribution < 1.29 is 26.3 Å². The van der Waals surface area contributed by atoms with Crippen molar-refractivity contribution in [2.24, 2.45) is 0 Å². The van der Waals surface area contributed by atoms with Crippen LogP contribution in [0.1, 0.15) is 21.7 Å². The van der Waals surface area contributed by atoms with E-state index in [9.17, 15) is 26.3 Å². The minimum atomic E-state index is -4.91. The molecule has 4 aromatic rings. The van der Waals surface area contributed by atoms with E-state index in [1.807, 2.05) is 30.3 Å². The number of hydrogen-bond acceptors (Lipinski definition) is 6. The topological polar surface area (TPSA) is 38.7 Å². The summed E-state index contributed by atoms with van der Waals surface area (Å²) in [7, 11) is 0. The lowest BCUT2D eigenvalue weighted by Crippen LogP contribution is -2.11. The molecule has 33 heavy (non-hydrogen) atoms. The summed E-state index contributed by atoms with van der Waals surface area (Å²) in [6, 6.07) is 11.3. The Kier molecular flexibility index (Phi) is 6.78. The second kappa shape index (κ2) is 9.43. The quantitative estimate of drug-likeness (QED) is 0.247. The van der Waals surface area contributed by atoms with Crippen LogP contribution in [0.5, 0.6) is 0 Å². The summed E-state index contributed by atoms with van der Waals surface area (Å²) in [4.78, 5) is 4.21. The third kappa shape index (κ3) is 6.12. The van der Waals surface area contributed by atoms with Gasteiger partial charge in [-0.2, -0.15) is 26.3 Å². The number of thiazole rings is 1. The molecule has 0 aliphatic rings. The van der Waals surface area contributed by atoms with E-state index < -0.39 is 23.5 Å². The van der Waals surface area contributed by atoms with Crippen molar-refractivity contribution in [3.8, 4) is 11.3 Å². The average molecular weight is 518 g/mol. The molecule has 3 nitrogen and oxygen atoms in total. The molecule has 0 saturated heterocycles. The predicted octanol–water partition coefficient (Wildman–Crippen LogP) is 7.64. The van der Waals surface area contributed by atoms with Gasteiger partial charge in [0.25, 0.3) is 0 Å². The zero-order valence-electron chi connectivity index (χ0n) is 16.4. The van der Waals surface area contributed by atoms with E-state index in [1.54, 1.807) is 0 Å². The monoisotopic (exact) mass is 517 g/mol. The number of aryl methyl sites for hydroxylation is 2. The molecule has 172 valence electrons. The number of nitrogens with zero attached hydrogens (tertiary/aromatic N) is 3. The molecule has 2 aromatic heterocycles. The molecule has 0 saturated carbocycles. The van der Waals surface area contributed by atoms with Crippen LogP contribution in [0.4, 0.5) is 26.3 Å². The maximum Gasteiger partial charge on any atom is 0.416 e. The first kappa shape index (κ1) is 23.7. The molecule has 12 heteroatoms. The Balaban J connectivity index is 1.50. The molecule has 0 aliphatic heterocycles. The first-order chi connectivity index (χ1) is 15.6. The Morgan fingerprint density at radius 1 is 0.788 bits per heavy atom. The summed E-state index contributed by atoms with van der Waals surface area (Å²) >= 11 is 3.66. The Hall–Kier alpha value is -2.44. The summed E-state index contributed by atoms with van der Waals surface area (Å²) in [5.41, 5.74) is -1.79. The minimum Gasteiger partial charge on any atom is -0.229 e. The largest absolute Gasteiger partial charge is 0.416 e. The number of rotatable bonds is 6. The summed E-state index contributed by atoms with van der Waals surface area (Å²) in [5.74, 6) is 0. The van der Waals surface area contributed by atoms with E-state index >= 15 is 0 Å². The number of benzene rings is 2. The molecule has 0 amide bonds. The Morgan fingerprint density at radius 3 is 2.09 bits per heavy atom. The molecule has 0 bridgehead atoms. The summed E-state index contributed by atoms with van der Waals surface area (Å²) < 4.78 is 79.7. The van der Waals surface area contributed by atoms with Crippen LogP contribution >= 0.6 is 34.4 Å². The second-order valence-electron chi connectivity index (χ2n) is 6.84. The fourth-order valence-electron chi connectivity index (χ4n) is 2.89. The van der Waals surface area contributed by atoms with Crippen LogP contribution in [-0.2, 0) is 25.2 Å². The lowest BCUT2D eigenvalue weighted by Gasteiger charge is -2.13. The zero-order valence-corrected chi connectivity index (χ0v) is 18.9. The van der Waals surface area contributed by atoms with Gasteiger partial charge in [-0.15, -0.1) is 21.5 Å². The molecule has 0 aliphatic carbocycles. The normalized spacial score (nSPS) is 12.3. The molecular formula is C21H13F6N3S3. The highest BCUT2D eigenvalue weighted by Crippen LogP contribution is 2.40. The Bertz CT molecular complexity index is 1200. The highest BCUT2D eigenvalue weighted by molar-refractivity contribution is 8.02. The molecular weight excluding hydrogens is 504 g/mol. The molecule has 4 rings (SSSR count). The maximum atomic E-state index is 13.1. The van der Waals surface area contributed by atoms with Gasteiger partial charge >= 0.3 is 12.4 Å². The minimum absolute atomic E-state index is 0.0351. The molecule has 0 unspecified atom stereocenters. The van der Waals surface area contributed by atoms with Gasteiger partial charge < -0.3 is 0 Å². The van der Waals surface area contributed by atoms with Crippen molar-refractivity contribution in [3.05, 3.63) is 75.6 Å². The van der Waals surface area contributed by atoms with E-state index in [2.05, 4.69) is 15.2 Å². The van der Waals surface area contributed by atoms with Gasteiger partial charge in [0, 0.05) is 17.4 Å². The summed E-state index contributed by atoms with van der Waals surface area (Å²) in [6.07, 6.45) is -8.31. The van der Waals surface area contributed by atoms with Gasteiger partial charge in [-0.1, -0.05) is 41.7 Å². The molecule has 0 N–H and O–H groups in total. The van der Waals surface area contributed by atoms with Crippen molar-refractivity contribution >= 4 is 34.4 Å². The standard InChI is InChI=1S/C21H13F6N3S3/c22-20(23,24)14-8-13(9-15(10-14)21(25,26)27)16-11-31-18(28-16)33-19-30-29-17(32-19)7-6-12-4-2-1-3-5-12/h1-5,8-11H,6-7H2. The summed E-state index contributed by atoms with van der Waals surface area (Å²) in [5, 5.41) is 10.5. The lowest BCUT2D eigenvalue weighted by atomic mass is 10.0. The van der Waals surface area contributed by atoms with Crippen LogP contribution in [0.2, 0.25) is 0 Å². The van der Waals surface area contributed by atoms with Crippen LogP contribution in [0.15, 0.2) is 62.6 Å². The van der Waals surface area contributed by atoms with Crippen molar-refractivity contribution in [1.29, 1.82) is 0 Å². The van der Waals surface area contributed by atoms with E-state index in [0.29, 0.717) is 27.2 Å². The maximum absolute atomic E-state index is 13.1. The first-order valence-corrected chi connectivity index (χ1v) is 11.9. The number of alkyl halides is 6. The van der Waals surface area contributed by atoms with E-state index in [0.717, 1.165) is 22.8 Å². The number of halogens is 6. The molecule has 2 heterocycles. The van der Waals surface area contributed by atoms with Gasteiger partial charge in [0.1, 0.15) is 5.01 Å². The molecule has 0 atom stereocenters. The van der Waals surface area contributed by atoms with Gasteiger partial charge in [-0.25, -0.2) is 4.98 Å². The van der Waals surface area contributed by atoms with Gasteiger partial charge in [0.15, 0.2) is 8.68 Å². The Morgan fingerprint density at radius 2 is 1.45 bits per heavy atom. The first-order valence-electron chi connectivity index (χ1n) is 9.37. The molecule has 2 aromatic carbocycles. The molecule has 0 spiro atoms. The van der Waals surface area contributed by atoms with Crippen LogP contribution in [0.25, 0.3) is 11.3 Å². The molecule has 0 fully saturated rings. The number of aromatic nitrogens is 3. The van der Waals surface area contributed by atoms with E-state index in [4.69, 9.17) is 0 Å². The van der Waals surface area contributed by atoms with E-state index in [-0.39, 0.29) is 17.3 Å². The highest BCUT2D eigenvalue weighted by Gasteiger charge is 2.37. The fourth-order valence-corrected chi connectivity index (χ4v) is 5.81. The van der Waals surface area contributed by atoms with Crippen LogP contribution in [0.3, 0.4) is 0 Å². The summed E-state index contributed by atoms with van der Waals surface area (Å²) in [6.45, 7) is 0.